The lowest BCUT2D eigenvalue weighted by Gasteiger charge is -2.12. The molecule has 13 heavy (non-hydrogen) atoms. The highest BCUT2D eigenvalue weighted by atomic mass is 79.9. The molecule has 1 aromatic rings. The summed E-state index contributed by atoms with van der Waals surface area (Å²) >= 11 is 10.7. The predicted molar refractivity (Wildman–Crippen MR) is 53.7 cm³/mol. The lowest BCUT2D eigenvalue weighted by Crippen LogP contribution is -2.15. The summed E-state index contributed by atoms with van der Waals surface area (Å²) in [6, 6.07) is 4.46. The van der Waals surface area contributed by atoms with Gasteiger partial charge in [0.2, 0.25) is 0 Å². The smallest absolute Gasteiger partial charge is 0.423 e. The summed E-state index contributed by atoms with van der Waals surface area (Å²) in [5, 5.41) is -3.07. The Balaban J connectivity index is 2.96. The highest BCUT2D eigenvalue weighted by Gasteiger charge is 2.27. The molecule has 0 aliphatic heterocycles. The Kier molecular flexibility index (Phi) is 3.54. The normalized spacial score (nSPS) is 11.5. The Morgan fingerprint density at radius 3 is 2.54 bits per heavy atom. The first kappa shape index (κ1) is 11.2. The Morgan fingerprint density at radius 1 is 1.38 bits per heavy atom. The van der Waals surface area contributed by atoms with Gasteiger partial charge in [0, 0.05) is 15.9 Å². The average molecular weight is 336 g/mol. The number of rotatable bonds is 2. The molecule has 72 valence electrons. The van der Waals surface area contributed by atoms with Gasteiger partial charge in [-0.15, -0.1) is 0 Å². The summed E-state index contributed by atoms with van der Waals surface area (Å²) < 4.78 is 29.3. The second-order valence-electron chi connectivity index (χ2n) is 2.10. The second kappa shape index (κ2) is 4.11. The minimum atomic E-state index is -3.39. The molecular weight excluding hydrogens is 333 g/mol. The van der Waals surface area contributed by atoms with Crippen LogP contribution in [-0.4, -0.2) is 5.02 Å². The van der Waals surface area contributed by atoms with Crippen LogP contribution in [-0.2, 0) is 0 Å². The molecule has 0 saturated carbocycles. The zero-order chi connectivity index (χ0) is 10.1. The Hall–Kier alpha value is 0.130. The zero-order valence-corrected chi connectivity index (χ0v) is 9.96. The second-order valence-corrected chi connectivity index (χ2v) is 4.22. The van der Waals surface area contributed by atoms with Crippen molar-refractivity contribution >= 4 is 43.5 Å². The van der Waals surface area contributed by atoms with Crippen molar-refractivity contribution < 1.29 is 13.5 Å². The van der Waals surface area contributed by atoms with Crippen LogP contribution in [0.3, 0.4) is 0 Å². The molecule has 1 rings (SSSR count). The van der Waals surface area contributed by atoms with E-state index < -0.39 is 5.02 Å². The molecule has 0 amide bonds. The van der Waals surface area contributed by atoms with Gasteiger partial charge in [-0.1, -0.05) is 17.7 Å². The van der Waals surface area contributed by atoms with Crippen LogP contribution in [0.1, 0.15) is 0 Å². The molecule has 0 bridgehead atoms. The molecule has 0 atom stereocenters. The number of halogens is 5. The van der Waals surface area contributed by atoms with E-state index in [1.807, 2.05) is 0 Å². The van der Waals surface area contributed by atoms with E-state index in [1.54, 1.807) is 6.07 Å². The Morgan fingerprint density at radius 2 is 2.00 bits per heavy atom. The van der Waals surface area contributed by atoms with Gasteiger partial charge in [-0.3, -0.25) is 0 Å². The number of ether oxygens (including phenoxy) is 1. The largest absolute Gasteiger partial charge is 0.459 e. The fourth-order valence-electron chi connectivity index (χ4n) is 0.688. The molecule has 0 aliphatic rings. The highest BCUT2D eigenvalue weighted by Crippen LogP contribution is 2.36. The zero-order valence-electron chi connectivity index (χ0n) is 6.03. The Bertz CT molecular complexity index is 314. The van der Waals surface area contributed by atoms with Gasteiger partial charge in [-0.05, 0) is 28.1 Å². The van der Waals surface area contributed by atoms with Crippen LogP contribution in [0.5, 0.6) is 5.75 Å². The van der Waals surface area contributed by atoms with Crippen molar-refractivity contribution in [1.82, 2.24) is 0 Å². The van der Waals surface area contributed by atoms with Gasteiger partial charge in [-0.25, -0.2) is 0 Å². The molecule has 0 saturated heterocycles. The van der Waals surface area contributed by atoms with Crippen LogP contribution < -0.4 is 4.74 Å². The average Bonchev–Trinajstić information content (AvgIpc) is 1.96. The Labute approximate surface area is 95.3 Å². The van der Waals surface area contributed by atoms with Crippen molar-refractivity contribution in [2.24, 2.45) is 0 Å². The maximum absolute atomic E-state index is 12.4. The van der Waals surface area contributed by atoms with E-state index in [4.69, 9.17) is 11.6 Å². The molecular formula is C7H3Br2ClF2O. The summed E-state index contributed by atoms with van der Waals surface area (Å²) in [7, 11) is 0. The van der Waals surface area contributed by atoms with Gasteiger partial charge in [0.15, 0.2) is 0 Å². The molecule has 0 aliphatic carbocycles. The van der Waals surface area contributed by atoms with E-state index in [0.717, 1.165) is 0 Å². The number of alkyl halides is 3. The van der Waals surface area contributed by atoms with Gasteiger partial charge in [0.1, 0.15) is 5.75 Å². The maximum Gasteiger partial charge on any atom is 0.459 e. The monoisotopic (exact) mass is 334 g/mol. The van der Waals surface area contributed by atoms with E-state index in [1.165, 1.54) is 12.1 Å². The molecule has 6 heteroatoms. The first-order chi connectivity index (χ1) is 5.90. The lowest BCUT2D eigenvalue weighted by atomic mass is 10.3. The molecule has 0 fully saturated rings. The van der Waals surface area contributed by atoms with Crippen molar-refractivity contribution in [3.05, 3.63) is 27.7 Å². The molecule has 0 aromatic heterocycles. The van der Waals surface area contributed by atoms with E-state index in [9.17, 15) is 8.78 Å². The van der Waals surface area contributed by atoms with Crippen LogP contribution in [0.25, 0.3) is 0 Å². The van der Waals surface area contributed by atoms with Gasteiger partial charge in [-0.2, -0.15) is 8.78 Å². The van der Waals surface area contributed by atoms with E-state index in [2.05, 4.69) is 36.6 Å². The summed E-state index contributed by atoms with van der Waals surface area (Å²) in [4.78, 5) is 0. The van der Waals surface area contributed by atoms with Crippen LogP contribution in [0.4, 0.5) is 8.78 Å². The molecule has 0 radical (unpaired) electrons. The predicted octanol–water partition coefficient (Wildman–Crippen LogP) is 4.43. The number of hydrogen-bond acceptors (Lipinski definition) is 1. The SMILES string of the molecule is FC(F)(Br)Oc1cccc(Cl)c1Br. The highest BCUT2D eigenvalue weighted by molar-refractivity contribution is 9.10. The summed E-state index contributed by atoms with van der Waals surface area (Å²) in [6.45, 7) is 0. The van der Waals surface area contributed by atoms with Crippen molar-refractivity contribution in [1.29, 1.82) is 0 Å². The summed E-state index contributed by atoms with van der Waals surface area (Å²) in [6.07, 6.45) is 0. The minimum Gasteiger partial charge on any atom is -0.423 e. The maximum atomic E-state index is 12.4. The quantitative estimate of drug-likeness (QED) is 0.726. The van der Waals surface area contributed by atoms with Crippen LogP contribution >= 0.6 is 43.5 Å². The lowest BCUT2D eigenvalue weighted by molar-refractivity contribution is -0.0807. The fraction of sp³-hybridized carbons (Fsp3) is 0.143. The fourth-order valence-corrected chi connectivity index (χ4v) is 1.37. The molecule has 0 N–H and O–H groups in total. The van der Waals surface area contributed by atoms with Gasteiger partial charge in [0.05, 0.1) is 9.50 Å². The number of hydrogen-bond donors (Lipinski definition) is 0. The molecule has 0 heterocycles. The third-order valence-corrected chi connectivity index (χ3v) is 2.66. The van der Waals surface area contributed by atoms with E-state index >= 15 is 0 Å². The topological polar surface area (TPSA) is 9.23 Å². The van der Waals surface area contributed by atoms with E-state index in [-0.39, 0.29) is 5.75 Å². The number of benzene rings is 1. The molecule has 1 aromatic carbocycles. The first-order valence-corrected chi connectivity index (χ1v) is 5.06. The van der Waals surface area contributed by atoms with Crippen molar-refractivity contribution in [2.75, 3.05) is 0 Å². The summed E-state index contributed by atoms with van der Waals surface area (Å²) in [5.74, 6) is -0.0191. The minimum absolute atomic E-state index is 0.0191. The standard InChI is InChI=1S/C7H3Br2ClF2O/c8-6-4(10)2-1-3-5(6)13-7(9,11)12/h1-3H. The van der Waals surface area contributed by atoms with Gasteiger partial charge >= 0.3 is 5.02 Å². The van der Waals surface area contributed by atoms with Crippen molar-refractivity contribution in [2.45, 2.75) is 5.02 Å². The van der Waals surface area contributed by atoms with Gasteiger partial charge < -0.3 is 4.74 Å². The van der Waals surface area contributed by atoms with Crippen LogP contribution in [0.15, 0.2) is 22.7 Å². The van der Waals surface area contributed by atoms with Crippen molar-refractivity contribution in [3.63, 3.8) is 0 Å². The van der Waals surface area contributed by atoms with Gasteiger partial charge in [0.25, 0.3) is 0 Å². The van der Waals surface area contributed by atoms with Crippen LogP contribution in [0, 0.1) is 0 Å². The van der Waals surface area contributed by atoms with Crippen LogP contribution in [0.2, 0.25) is 5.02 Å². The molecule has 0 unspecified atom stereocenters. The first-order valence-electron chi connectivity index (χ1n) is 3.10. The summed E-state index contributed by atoms with van der Waals surface area (Å²) in [5.41, 5.74) is 0. The van der Waals surface area contributed by atoms with E-state index in [0.29, 0.717) is 9.50 Å². The van der Waals surface area contributed by atoms with Crippen molar-refractivity contribution in [3.8, 4) is 5.75 Å². The third-order valence-electron chi connectivity index (χ3n) is 1.14. The molecule has 0 spiro atoms. The third kappa shape index (κ3) is 3.40. The molecule has 1 nitrogen and oxygen atoms in total.